The minimum absolute atomic E-state index is 0.0724. The molecule has 144 valence electrons. The second kappa shape index (κ2) is 8.15. The molecule has 0 spiro atoms. The number of carbonyl (C=O) groups is 2. The van der Waals surface area contributed by atoms with Gasteiger partial charge in [-0.15, -0.1) is 0 Å². The van der Waals surface area contributed by atoms with Crippen molar-refractivity contribution in [2.24, 2.45) is 0 Å². The van der Waals surface area contributed by atoms with E-state index in [0.717, 1.165) is 23.5 Å². The van der Waals surface area contributed by atoms with Crippen molar-refractivity contribution < 1.29 is 19.4 Å². The van der Waals surface area contributed by atoms with Gasteiger partial charge in [-0.25, -0.2) is 0 Å². The van der Waals surface area contributed by atoms with Crippen molar-refractivity contribution in [2.45, 2.75) is 19.3 Å². The number of fused-ring (bicyclic) bond motifs is 1. The molecule has 0 radical (unpaired) electrons. The number of aryl methyl sites for hydroxylation is 1. The summed E-state index contributed by atoms with van der Waals surface area (Å²) in [6.07, 6.45) is 1.73. The van der Waals surface area contributed by atoms with Crippen molar-refractivity contribution in [2.75, 3.05) is 0 Å². The Hall–Kier alpha value is -3.66. The number of allylic oxidation sites excluding steroid dienone is 1. The molecule has 0 atom stereocenters. The highest BCUT2D eigenvalue weighted by atomic mass is 16.5. The molecule has 4 heteroatoms. The third-order valence-corrected chi connectivity index (χ3v) is 4.99. The zero-order valence-corrected chi connectivity index (χ0v) is 15.8. The first-order valence-electron chi connectivity index (χ1n) is 9.56. The second-order valence-electron chi connectivity index (χ2n) is 6.94. The number of aliphatic hydroxyl groups is 1. The van der Waals surface area contributed by atoms with Gasteiger partial charge in [-0.1, -0.05) is 54.6 Å². The topological polar surface area (TPSA) is 63.6 Å². The van der Waals surface area contributed by atoms with Crippen LogP contribution >= 0.6 is 0 Å². The predicted octanol–water partition coefficient (Wildman–Crippen LogP) is 5.54. The average Bonchev–Trinajstić information content (AvgIpc) is 2.76. The second-order valence-corrected chi connectivity index (χ2v) is 6.94. The van der Waals surface area contributed by atoms with Crippen LogP contribution in [0, 0.1) is 0 Å². The molecule has 0 aromatic heterocycles. The van der Waals surface area contributed by atoms with Gasteiger partial charge in [0.05, 0.1) is 0 Å². The molecule has 0 saturated heterocycles. The number of hydrogen-bond donors (Lipinski definition) is 1. The Kier molecular flexibility index (Phi) is 5.25. The Morgan fingerprint density at radius 3 is 2.00 bits per heavy atom. The number of ketones is 2. The molecule has 3 aromatic rings. The van der Waals surface area contributed by atoms with Gasteiger partial charge in [0.25, 0.3) is 0 Å². The summed E-state index contributed by atoms with van der Waals surface area (Å²) in [6, 6.07) is 24.0. The van der Waals surface area contributed by atoms with Gasteiger partial charge < -0.3 is 9.84 Å². The van der Waals surface area contributed by atoms with E-state index in [1.165, 1.54) is 0 Å². The summed E-state index contributed by atoms with van der Waals surface area (Å²) >= 11 is 0. The Labute approximate surface area is 169 Å². The van der Waals surface area contributed by atoms with E-state index in [4.69, 9.17) is 4.74 Å². The molecule has 4 rings (SSSR count). The van der Waals surface area contributed by atoms with Crippen LogP contribution in [-0.2, 0) is 11.2 Å². The smallest absolute Gasteiger partial charge is 0.234 e. The standard InChI is InChI=1S/C25H20O4/c26-23-20-10-4-5-11-21(20)24(27)25(28)22(23)12-6-7-17-13-15-19(16-14-17)29-18-8-2-1-3-9-18/h1-5,8-11,13-16,26H,6-7,12H2. The van der Waals surface area contributed by atoms with Crippen LogP contribution in [-0.4, -0.2) is 16.7 Å². The van der Waals surface area contributed by atoms with Gasteiger partial charge in [0, 0.05) is 16.7 Å². The van der Waals surface area contributed by atoms with E-state index in [-0.39, 0.29) is 16.9 Å². The van der Waals surface area contributed by atoms with Crippen molar-refractivity contribution in [3.8, 4) is 11.5 Å². The van der Waals surface area contributed by atoms with Crippen molar-refractivity contribution in [1.29, 1.82) is 0 Å². The number of carbonyl (C=O) groups excluding carboxylic acids is 2. The Balaban J connectivity index is 1.40. The van der Waals surface area contributed by atoms with Crippen molar-refractivity contribution >= 4 is 17.3 Å². The number of Topliss-reactive ketones (excluding diaryl/α,β-unsaturated/α-hetero) is 2. The largest absolute Gasteiger partial charge is 0.507 e. The summed E-state index contributed by atoms with van der Waals surface area (Å²) in [7, 11) is 0. The number of hydrogen-bond acceptors (Lipinski definition) is 4. The fraction of sp³-hybridized carbons (Fsp3) is 0.120. The number of rotatable bonds is 6. The predicted molar refractivity (Wildman–Crippen MR) is 111 cm³/mol. The molecule has 0 aliphatic heterocycles. The van der Waals surface area contributed by atoms with Gasteiger partial charge in [-0.3, -0.25) is 9.59 Å². The minimum Gasteiger partial charge on any atom is -0.507 e. The zero-order valence-electron chi connectivity index (χ0n) is 15.8. The molecule has 0 fully saturated rings. The van der Waals surface area contributed by atoms with E-state index < -0.39 is 11.6 Å². The molecule has 0 heterocycles. The highest BCUT2D eigenvalue weighted by Gasteiger charge is 2.31. The number of para-hydroxylation sites is 1. The maximum Gasteiger partial charge on any atom is 0.234 e. The molecule has 29 heavy (non-hydrogen) atoms. The lowest BCUT2D eigenvalue weighted by atomic mass is 9.86. The van der Waals surface area contributed by atoms with Gasteiger partial charge in [0.2, 0.25) is 11.6 Å². The Morgan fingerprint density at radius 1 is 0.655 bits per heavy atom. The van der Waals surface area contributed by atoms with Gasteiger partial charge in [0.1, 0.15) is 17.3 Å². The summed E-state index contributed by atoms with van der Waals surface area (Å²) < 4.78 is 5.78. The number of aliphatic hydroxyl groups excluding tert-OH is 1. The molecule has 0 saturated carbocycles. The molecule has 0 bridgehead atoms. The van der Waals surface area contributed by atoms with Crippen LogP contribution in [0.15, 0.2) is 84.4 Å². The Morgan fingerprint density at radius 2 is 1.28 bits per heavy atom. The minimum atomic E-state index is -0.604. The lowest BCUT2D eigenvalue weighted by Gasteiger charge is -2.17. The van der Waals surface area contributed by atoms with Crippen LogP contribution in [0.5, 0.6) is 11.5 Å². The highest BCUT2D eigenvalue weighted by Crippen LogP contribution is 2.30. The molecule has 1 N–H and O–H groups in total. The molecular weight excluding hydrogens is 364 g/mol. The first kappa shape index (κ1) is 18.7. The van der Waals surface area contributed by atoms with Gasteiger partial charge in [-0.2, -0.15) is 0 Å². The van der Waals surface area contributed by atoms with Gasteiger partial charge in [0.15, 0.2) is 0 Å². The first-order chi connectivity index (χ1) is 14.1. The normalized spacial score (nSPS) is 13.4. The Bertz CT molecular complexity index is 1080. The third kappa shape index (κ3) is 3.97. The van der Waals surface area contributed by atoms with E-state index >= 15 is 0 Å². The zero-order chi connectivity index (χ0) is 20.2. The average molecular weight is 384 g/mol. The van der Waals surface area contributed by atoms with Crippen LogP contribution in [0.4, 0.5) is 0 Å². The summed E-state index contributed by atoms with van der Waals surface area (Å²) in [5.74, 6) is 0.314. The maximum atomic E-state index is 12.4. The molecule has 0 amide bonds. The van der Waals surface area contributed by atoms with E-state index in [1.54, 1.807) is 24.3 Å². The highest BCUT2D eigenvalue weighted by molar-refractivity contribution is 6.52. The monoisotopic (exact) mass is 384 g/mol. The molecule has 0 unspecified atom stereocenters. The fourth-order valence-corrected chi connectivity index (χ4v) is 3.47. The van der Waals surface area contributed by atoms with Crippen LogP contribution in [0.2, 0.25) is 0 Å². The molecule has 1 aliphatic carbocycles. The van der Waals surface area contributed by atoms with Crippen LogP contribution < -0.4 is 4.74 Å². The number of benzene rings is 3. The van der Waals surface area contributed by atoms with Crippen LogP contribution in [0.1, 0.15) is 34.3 Å². The van der Waals surface area contributed by atoms with E-state index in [0.29, 0.717) is 18.4 Å². The summed E-state index contributed by atoms with van der Waals surface area (Å²) in [5.41, 5.74) is 2.01. The van der Waals surface area contributed by atoms with E-state index in [2.05, 4.69) is 0 Å². The third-order valence-electron chi connectivity index (χ3n) is 4.99. The van der Waals surface area contributed by atoms with Crippen molar-refractivity contribution in [1.82, 2.24) is 0 Å². The van der Waals surface area contributed by atoms with E-state index in [1.807, 2.05) is 54.6 Å². The van der Waals surface area contributed by atoms with Crippen LogP contribution in [0.3, 0.4) is 0 Å². The first-order valence-corrected chi connectivity index (χ1v) is 9.56. The number of ether oxygens (including phenoxy) is 1. The van der Waals surface area contributed by atoms with Crippen molar-refractivity contribution in [3.05, 3.63) is 101 Å². The maximum absolute atomic E-state index is 12.4. The SMILES string of the molecule is O=C1C(=O)c2ccccc2C(O)=C1CCCc1ccc(Oc2ccccc2)cc1. The quantitative estimate of drug-likeness (QED) is 0.567. The van der Waals surface area contributed by atoms with Crippen LogP contribution in [0.25, 0.3) is 5.76 Å². The summed E-state index contributed by atoms with van der Waals surface area (Å²) in [5, 5.41) is 10.5. The van der Waals surface area contributed by atoms with Crippen molar-refractivity contribution in [3.63, 3.8) is 0 Å². The lowest BCUT2D eigenvalue weighted by molar-refractivity contribution is -0.112. The van der Waals surface area contributed by atoms with E-state index in [9.17, 15) is 14.7 Å². The van der Waals surface area contributed by atoms with Gasteiger partial charge >= 0.3 is 0 Å². The fourth-order valence-electron chi connectivity index (χ4n) is 3.47. The lowest BCUT2D eigenvalue weighted by Crippen LogP contribution is -2.24. The van der Waals surface area contributed by atoms with Gasteiger partial charge in [-0.05, 0) is 49.1 Å². The molecular formula is C25H20O4. The molecule has 4 nitrogen and oxygen atoms in total. The summed E-state index contributed by atoms with van der Waals surface area (Å²) in [6.45, 7) is 0. The molecule has 1 aliphatic rings. The summed E-state index contributed by atoms with van der Waals surface area (Å²) in [4.78, 5) is 24.7. The molecule has 3 aromatic carbocycles.